The third-order valence-electron chi connectivity index (χ3n) is 5.79. The summed E-state index contributed by atoms with van der Waals surface area (Å²) in [5.41, 5.74) is 4.53. The van der Waals surface area contributed by atoms with Crippen molar-refractivity contribution in [1.29, 1.82) is 0 Å². The average molecular weight is 488 g/mol. The molecule has 0 fully saturated rings. The number of tetrazole rings is 1. The van der Waals surface area contributed by atoms with Crippen LogP contribution in [0.2, 0.25) is 0 Å². The SMILES string of the molecule is CN(CCCCNC(=O)Nc1cc(-c2ccccc2)cc(-c2nnnn2C)c1)Cc1ccc(F)cc1. The van der Waals surface area contributed by atoms with Gasteiger partial charge in [-0.1, -0.05) is 42.5 Å². The molecule has 4 rings (SSSR count). The molecule has 3 aromatic carbocycles. The molecule has 0 unspecified atom stereocenters. The number of benzene rings is 3. The summed E-state index contributed by atoms with van der Waals surface area (Å²) in [6.45, 7) is 2.21. The number of aryl methyl sites for hydroxylation is 1. The Bertz CT molecular complexity index is 1280. The van der Waals surface area contributed by atoms with Gasteiger partial charge in [-0.05, 0) is 83.9 Å². The summed E-state index contributed by atoms with van der Waals surface area (Å²) < 4.78 is 14.6. The van der Waals surface area contributed by atoms with Gasteiger partial charge in [-0.25, -0.2) is 13.9 Å². The molecule has 8 nitrogen and oxygen atoms in total. The van der Waals surface area contributed by atoms with E-state index < -0.39 is 0 Å². The van der Waals surface area contributed by atoms with Crippen molar-refractivity contribution in [2.24, 2.45) is 7.05 Å². The van der Waals surface area contributed by atoms with Gasteiger partial charge in [0.05, 0.1) is 0 Å². The summed E-state index contributed by atoms with van der Waals surface area (Å²) in [5, 5.41) is 17.6. The van der Waals surface area contributed by atoms with E-state index in [1.54, 1.807) is 23.9 Å². The van der Waals surface area contributed by atoms with E-state index in [9.17, 15) is 9.18 Å². The Balaban J connectivity index is 1.30. The molecule has 0 saturated heterocycles. The maximum atomic E-state index is 13.0. The molecule has 2 amide bonds. The van der Waals surface area contributed by atoms with Gasteiger partial charge in [-0.2, -0.15) is 0 Å². The number of nitrogens with zero attached hydrogens (tertiary/aromatic N) is 5. The van der Waals surface area contributed by atoms with Crippen LogP contribution in [-0.2, 0) is 13.6 Å². The number of halogens is 1. The molecule has 9 heteroatoms. The molecular weight excluding hydrogens is 457 g/mol. The zero-order chi connectivity index (χ0) is 25.3. The number of anilines is 1. The fourth-order valence-corrected chi connectivity index (χ4v) is 3.96. The number of rotatable bonds is 10. The van der Waals surface area contributed by atoms with Crippen molar-refractivity contribution in [1.82, 2.24) is 30.4 Å². The predicted molar refractivity (Wildman–Crippen MR) is 139 cm³/mol. The van der Waals surface area contributed by atoms with Crippen LogP contribution in [0.4, 0.5) is 14.9 Å². The Morgan fingerprint density at radius 2 is 1.72 bits per heavy atom. The molecule has 0 bridgehead atoms. The molecular formula is C27H30FN7O. The van der Waals surface area contributed by atoms with Crippen molar-refractivity contribution < 1.29 is 9.18 Å². The second-order valence-corrected chi connectivity index (χ2v) is 8.74. The van der Waals surface area contributed by atoms with Gasteiger partial charge in [0.15, 0.2) is 5.82 Å². The van der Waals surface area contributed by atoms with Crippen LogP contribution < -0.4 is 10.6 Å². The molecule has 1 aromatic heterocycles. The van der Waals surface area contributed by atoms with E-state index >= 15 is 0 Å². The van der Waals surface area contributed by atoms with Crippen LogP contribution in [-0.4, -0.2) is 51.3 Å². The fourth-order valence-electron chi connectivity index (χ4n) is 3.96. The predicted octanol–water partition coefficient (Wildman–Crippen LogP) is 4.72. The lowest BCUT2D eigenvalue weighted by atomic mass is 10.0. The highest BCUT2D eigenvalue weighted by molar-refractivity contribution is 5.91. The molecule has 0 spiro atoms. The van der Waals surface area contributed by atoms with Gasteiger partial charge in [-0.3, -0.25) is 0 Å². The number of amides is 2. The Labute approximate surface area is 210 Å². The summed E-state index contributed by atoms with van der Waals surface area (Å²) in [6, 6.07) is 22.1. The lowest BCUT2D eigenvalue weighted by Gasteiger charge is -2.16. The Morgan fingerprint density at radius 3 is 2.44 bits per heavy atom. The normalized spacial score (nSPS) is 11.0. The van der Waals surface area contributed by atoms with E-state index in [4.69, 9.17) is 0 Å². The van der Waals surface area contributed by atoms with Gasteiger partial charge in [0, 0.05) is 31.4 Å². The highest BCUT2D eigenvalue weighted by Gasteiger charge is 2.12. The number of aromatic nitrogens is 4. The minimum Gasteiger partial charge on any atom is -0.338 e. The monoisotopic (exact) mass is 487 g/mol. The molecule has 0 aliphatic heterocycles. The van der Waals surface area contributed by atoms with E-state index in [-0.39, 0.29) is 11.8 Å². The van der Waals surface area contributed by atoms with Crippen LogP contribution in [0.5, 0.6) is 0 Å². The molecule has 36 heavy (non-hydrogen) atoms. The number of carbonyl (C=O) groups is 1. The first-order valence-corrected chi connectivity index (χ1v) is 11.9. The van der Waals surface area contributed by atoms with Crippen LogP contribution in [0.25, 0.3) is 22.5 Å². The highest BCUT2D eigenvalue weighted by Crippen LogP contribution is 2.29. The smallest absolute Gasteiger partial charge is 0.319 e. The first-order valence-electron chi connectivity index (χ1n) is 11.9. The average Bonchev–Trinajstić information content (AvgIpc) is 3.31. The van der Waals surface area contributed by atoms with Crippen molar-refractivity contribution in [2.45, 2.75) is 19.4 Å². The van der Waals surface area contributed by atoms with E-state index in [2.05, 4.69) is 31.1 Å². The van der Waals surface area contributed by atoms with Gasteiger partial charge >= 0.3 is 6.03 Å². The zero-order valence-electron chi connectivity index (χ0n) is 20.5. The zero-order valence-corrected chi connectivity index (χ0v) is 20.5. The van der Waals surface area contributed by atoms with E-state index in [0.717, 1.165) is 48.2 Å². The first-order chi connectivity index (χ1) is 17.5. The van der Waals surface area contributed by atoms with Gasteiger partial charge < -0.3 is 15.5 Å². The molecule has 186 valence electrons. The van der Waals surface area contributed by atoms with Crippen molar-refractivity contribution in [2.75, 3.05) is 25.5 Å². The van der Waals surface area contributed by atoms with Crippen LogP contribution in [0.1, 0.15) is 18.4 Å². The topological polar surface area (TPSA) is 88.0 Å². The molecule has 1 heterocycles. The van der Waals surface area contributed by atoms with Crippen LogP contribution in [0.3, 0.4) is 0 Å². The van der Waals surface area contributed by atoms with Gasteiger partial charge in [0.2, 0.25) is 0 Å². The summed E-state index contributed by atoms with van der Waals surface area (Å²) in [7, 11) is 3.81. The van der Waals surface area contributed by atoms with Crippen molar-refractivity contribution >= 4 is 11.7 Å². The number of nitrogens with one attached hydrogen (secondary N) is 2. The van der Waals surface area contributed by atoms with Crippen LogP contribution >= 0.6 is 0 Å². The number of unbranched alkanes of at least 4 members (excludes halogenated alkanes) is 1. The number of urea groups is 1. The van der Waals surface area contributed by atoms with Gasteiger partial charge in [0.25, 0.3) is 0 Å². The maximum Gasteiger partial charge on any atom is 0.319 e. The second-order valence-electron chi connectivity index (χ2n) is 8.74. The summed E-state index contributed by atoms with van der Waals surface area (Å²) in [6.07, 6.45) is 1.78. The lowest BCUT2D eigenvalue weighted by molar-refractivity contribution is 0.251. The third-order valence-corrected chi connectivity index (χ3v) is 5.79. The largest absolute Gasteiger partial charge is 0.338 e. The quantitative estimate of drug-likeness (QED) is 0.316. The first kappa shape index (κ1) is 25.0. The number of hydrogen-bond acceptors (Lipinski definition) is 5. The maximum absolute atomic E-state index is 13.0. The minimum atomic E-state index is -0.262. The standard InChI is InChI=1S/C27H30FN7O/c1-34(19-20-10-12-24(28)13-11-20)15-7-6-14-29-27(36)30-25-17-22(21-8-4-3-5-9-21)16-23(18-25)26-31-32-33-35(26)2/h3-5,8-13,16-18H,6-7,14-15,19H2,1-2H3,(H2,29,30,36). The van der Waals surface area contributed by atoms with Crippen molar-refractivity contribution in [3.05, 3.63) is 84.2 Å². The lowest BCUT2D eigenvalue weighted by Crippen LogP contribution is -2.30. The Kier molecular flexibility index (Phi) is 8.36. The molecule has 0 radical (unpaired) electrons. The minimum absolute atomic E-state index is 0.223. The summed E-state index contributed by atoms with van der Waals surface area (Å²) in [5.74, 6) is 0.389. The van der Waals surface area contributed by atoms with Crippen molar-refractivity contribution in [3.8, 4) is 22.5 Å². The van der Waals surface area contributed by atoms with Gasteiger partial charge in [-0.15, -0.1) is 5.10 Å². The van der Waals surface area contributed by atoms with Gasteiger partial charge in [0.1, 0.15) is 5.82 Å². The molecule has 2 N–H and O–H groups in total. The van der Waals surface area contributed by atoms with E-state index in [1.165, 1.54) is 12.1 Å². The Morgan fingerprint density at radius 1 is 0.972 bits per heavy atom. The number of carbonyl (C=O) groups excluding carboxylic acids is 1. The van der Waals surface area contributed by atoms with Crippen LogP contribution in [0, 0.1) is 5.82 Å². The van der Waals surface area contributed by atoms with Crippen LogP contribution in [0.15, 0.2) is 72.8 Å². The second kappa shape index (κ2) is 12.0. The molecule has 4 aromatic rings. The highest BCUT2D eigenvalue weighted by atomic mass is 19.1. The van der Waals surface area contributed by atoms with Crippen molar-refractivity contribution in [3.63, 3.8) is 0 Å². The summed E-state index contributed by atoms with van der Waals surface area (Å²) >= 11 is 0. The Hall–Kier alpha value is -4.11. The molecule has 0 aliphatic carbocycles. The van der Waals surface area contributed by atoms with E-state index in [0.29, 0.717) is 18.1 Å². The van der Waals surface area contributed by atoms with E-state index in [1.807, 2.05) is 55.6 Å². The molecule has 0 atom stereocenters. The number of hydrogen-bond donors (Lipinski definition) is 2. The molecule has 0 saturated carbocycles. The summed E-state index contributed by atoms with van der Waals surface area (Å²) in [4.78, 5) is 14.8. The fraction of sp³-hybridized carbons (Fsp3) is 0.259. The molecule has 0 aliphatic rings. The third kappa shape index (κ3) is 6.96.